The van der Waals surface area contributed by atoms with Crippen molar-refractivity contribution in [3.8, 4) is 0 Å². The molecule has 0 radical (unpaired) electrons. The summed E-state index contributed by atoms with van der Waals surface area (Å²) in [5, 5.41) is 10.0. The van der Waals surface area contributed by atoms with Crippen LogP contribution in [0, 0.1) is 0 Å². The molecule has 1 rings (SSSR count). The molecule has 0 aromatic heterocycles. The van der Waals surface area contributed by atoms with Crippen molar-refractivity contribution in [2.45, 2.75) is 103 Å². The third kappa shape index (κ3) is 14.0. The van der Waals surface area contributed by atoms with Crippen LogP contribution in [-0.2, 0) is 11.3 Å². The standard InChI is InChI=1S/C23H40O2/c1-2-3-4-5-6-7-8-9-10-11-15-18-23(24)19-20-25-21-22-16-13-12-14-17-22/h12-14,16-17,23-24H,2-11,15,18-21H2,1H3/t23-/m1/s1. The smallest absolute Gasteiger partial charge is 0.0716 e. The maximum absolute atomic E-state index is 10.0. The van der Waals surface area contributed by atoms with E-state index in [1.807, 2.05) is 18.2 Å². The lowest BCUT2D eigenvalue weighted by Crippen LogP contribution is -2.10. The van der Waals surface area contributed by atoms with Gasteiger partial charge in [-0.1, -0.05) is 108 Å². The summed E-state index contributed by atoms with van der Waals surface area (Å²) in [4.78, 5) is 0. The van der Waals surface area contributed by atoms with Gasteiger partial charge in [0, 0.05) is 6.61 Å². The number of aliphatic hydroxyl groups is 1. The zero-order valence-electron chi connectivity index (χ0n) is 16.4. The zero-order chi connectivity index (χ0) is 18.0. The Morgan fingerprint density at radius 1 is 0.760 bits per heavy atom. The van der Waals surface area contributed by atoms with Crippen molar-refractivity contribution in [3.63, 3.8) is 0 Å². The Hall–Kier alpha value is -0.860. The van der Waals surface area contributed by atoms with Gasteiger partial charge in [0.25, 0.3) is 0 Å². The highest BCUT2D eigenvalue weighted by molar-refractivity contribution is 5.13. The summed E-state index contributed by atoms with van der Waals surface area (Å²) in [7, 11) is 0. The van der Waals surface area contributed by atoms with Gasteiger partial charge < -0.3 is 9.84 Å². The summed E-state index contributed by atoms with van der Waals surface area (Å²) in [5.41, 5.74) is 1.20. The second kappa shape index (κ2) is 16.6. The van der Waals surface area contributed by atoms with Crippen LogP contribution in [0.25, 0.3) is 0 Å². The largest absolute Gasteiger partial charge is 0.393 e. The van der Waals surface area contributed by atoms with Crippen molar-refractivity contribution in [1.29, 1.82) is 0 Å². The summed E-state index contributed by atoms with van der Waals surface area (Å²) in [5.74, 6) is 0. The lowest BCUT2D eigenvalue weighted by molar-refractivity contribution is 0.0689. The third-order valence-corrected chi connectivity index (χ3v) is 4.85. The van der Waals surface area contributed by atoms with Crippen molar-refractivity contribution in [2.75, 3.05) is 6.61 Å². The van der Waals surface area contributed by atoms with Crippen LogP contribution in [0.5, 0.6) is 0 Å². The first-order valence-electron chi connectivity index (χ1n) is 10.6. The predicted octanol–water partition coefficient (Wildman–Crippen LogP) is 6.66. The van der Waals surface area contributed by atoms with E-state index in [0.717, 1.165) is 19.3 Å². The van der Waals surface area contributed by atoms with Crippen LogP contribution in [-0.4, -0.2) is 17.8 Å². The van der Waals surface area contributed by atoms with Gasteiger partial charge in [-0.2, -0.15) is 0 Å². The second-order valence-corrected chi connectivity index (χ2v) is 7.30. The van der Waals surface area contributed by atoms with Gasteiger partial charge in [0.15, 0.2) is 0 Å². The number of ether oxygens (including phenoxy) is 1. The van der Waals surface area contributed by atoms with Crippen LogP contribution >= 0.6 is 0 Å². The van der Waals surface area contributed by atoms with E-state index in [-0.39, 0.29) is 6.10 Å². The Bertz CT molecular complexity index is 377. The molecule has 0 heterocycles. The lowest BCUT2D eigenvalue weighted by atomic mass is 10.0. The lowest BCUT2D eigenvalue weighted by Gasteiger charge is -2.11. The minimum atomic E-state index is -0.200. The topological polar surface area (TPSA) is 29.5 Å². The molecule has 2 heteroatoms. The number of aliphatic hydroxyl groups excluding tert-OH is 1. The zero-order valence-corrected chi connectivity index (χ0v) is 16.4. The van der Waals surface area contributed by atoms with Crippen LogP contribution in [0.2, 0.25) is 0 Å². The number of rotatable bonds is 17. The van der Waals surface area contributed by atoms with Gasteiger partial charge in [-0.05, 0) is 18.4 Å². The van der Waals surface area contributed by atoms with Crippen LogP contribution in [0.15, 0.2) is 30.3 Å². The molecule has 1 aromatic rings. The molecule has 1 N–H and O–H groups in total. The molecule has 0 unspecified atom stereocenters. The third-order valence-electron chi connectivity index (χ3n) is 4.85. The maximum atomic E-state index is 10.0. The minimum Gasteiger partial charge on any atom is -0.393 e. The van der Waals surface area contributed by atoms with E-state index in [1.165, 1.54) is 69.8 Å². The molecule has 0 spiro atoms. The summed E-state index contributed by atoms with van der Waals surface area (Å²) < 4.78 is 5.64. The number of unbranched alkanes of at least 4 members (excludes halogenated alkanes) is 10. The highest BCUT2D eigenvalue weighted by Crippen LogP contribution is 2.13. The minimum absolute atomic E-state index is 0.200. The van der Waals surface area contributed by atoms with Gasteiger partial charge in [0.05, 0.1) is 12.7 Å². The molecule has 0 saturated heterocycles. The van der Waals surface area contributed by atoms with Crippen molar-refractivity contribution in [3.05, 3.63) is 35.9 Å². The first-order valence-corrected chi connectivity index (χ1v) is 10.6. The van der Waals surface area contributed by atoms with Gasteiger partial charge >= 0.3 is 0 Å². The molecule has 1 atom stereocenters. The van der Waals surface area contributed by atoms with E-state index in [0.29, 0.717) is 13.2 Å². The molecule has 25 heavy (non-hydrogen) atoms. The fourth-order valence-electron chi connectivity index (χ4n) is 3.17. The number of hydrogen-bond donors (Lipinski definition) is 1. The quantitative estimate of drug-likeness (QED) is 0.319. The van der Waals surface area contributed by atoms with Crippen LogP contribution < -0.4 is 0 Å². The fourth-order valence-corrected chi connectivity index (χ4v) is 3.17. The van der Waals surface area contributed by atoms with Crippen molar-refractivity contribution >= 4 is 0 Å². The van der Waals surface area contributed by atoms with E-state index >= 15 is 0 Å². The molecule has 144 valence electrons. The van der Waals surface area contributed by atoms with E-state index in [2.05, 4.69) is 19.1 Å². The van der Waals surface area contributed by atoms with Crippen LogP contribution in [0.4, 0.5) is 0 Å². The maximum Gasteiger partial charge on any atom is 0.0716 e. The molecule has 0 saturated carbocycles. The molecular weight excluding hydrogens is 308 g/mol. The van der Waals surface area contributed by atoms with E-state index < -0.39 is 0 Å². The Labute approximate surface area is 156 Å². The second-order valence-electron chi connectivity index (χ2n) is 7.30. The number of hydrogen-bond acceptors (Lipinski definition) is 2. The summed E-state index contributed by atoms with van der Waals surface area (Å²) >= 11 is 0. The summed E-state index contributed by atoms with van der Waals surface area (Å²) in [6, 6.07) is 10.2. The van der Waals surface area contributed by atoms with E-state index in [4.69, 9.17) is 4.74 Å². The molecule has 0 bridgehead atoms. The Morgan fingerprint density at radius 2 is 1.32 bits per heavy atom. The fraction of sp³-hybridized carbons (Fsp3) is 0.739. The summed E-state index contributed by atoms with van der Waals surface area (Å²) in [6.07, 6.45) is 16.4. The summed E-state index contributed by atoms with van der Waals surface area (Å²) in [6.45, 7) is 3.56. The van der Waals surface area contributed by atoms with Gasteiger partial charge in [-0.3, -0.25) is 0 Å². The predicted molar refractivity (Wildman–Crippen MR) is 108 cm³/mol. The average Bonchev–Trinajstić information content (AvgIpc) is 2.64. The van der Waals surface area contributed by atoms with Crippen molar-refractivity contribution in [2.24, 2.45) is 0 Å². The van der Waals surface area contributed by atoms with Crippen molar-refractivity contribution in [1.82, 2.24) is 0 Å². The normalized spacial score (nSPS) is 12.4. The molecule has 0 aliphatic carbocycles. The molecule has 1 aromatic carbocycles. The van der Waals surface area contributed by atoms with Gasteiger partial charge in [0.1, 0.15) is 0 Å². The molecular formula is C23H40O2. The van der Waals surface area contributed by atoms with Crippen LogP contribution in [0.3, 0.4) is 0 Å². The Morgan fingerprint density at radius 3 is 1.92 bits per heavy atom. The van der Waals surface area contributed by atoms with E-state index in [1.54, 1.807) is 0 Å². The SMILES string of the molecule is CCCCCCCCCCCCC[C@@H](O)CCOCc1ccccc1. The molecule has 0 aliphatic rings. The highest BCUT2D eigenvalue weighted by atomic mass is 16.5. The van der Waals surface area contributed by atoms with Gasteiger partial charge in [0.2, 0.25) is 0 Å². The first-order chi connectivity index (χ1) is 12.3. The first kappa shape index (κ1) is 22.2. The monoisotopic (exact) mass is 348 g/mol. The molecule has 2 nitrogen and oxygen atoms in total. The van der Waals surface area contributed by atoms with Gasteiger partial charge in [-0.25, -0.2) is 0 Å². The average molecular weight is 349 g/mol. The van der Waals surface area contributed by atoms with Crippen molar-refractivity contribution < 1.29 is 9.84 Å². The number of benzene rings is 1. The molecule has 0 fully saturated rings. The Kier molecular flexibility index (Phi) is 14.7. The Balaban J connectivity index is 1.80. The highest BCUT2D eigenvalue weighted by Gasteiger charge is 2.04. The van der Waals surface area contributed by atoms with Gasteiger partial charge in [-0.15, -0.1) is 0 Å². The van der Waals surface area contributed by atoms with E-state index in [9.17, 15) is 5.11 Å². The molecule has 0 amide bonds. The van der Waals surface area contributed by atoms with Crippen LogP contribution in [0.1, 0.15) is 96.0 Å². The molecule has 0 aliphatic heterocycles.